The highest BCUT2D eigenvalue weighted by Crippen LogP contribution is 2.33. The number of fused-ring (bicyclic) bond motifs is 1. The van der Waals surface area contributed by atoms with Crippen molar-refractivity contribution in [2.24, 2.45) is 5.41 Å². The van der Waals surface area contributed by atoms with Crippen molar-refractivity contribution >= 4 is 17.3 Å². The predicted octanol–water partition coefficient (Wildman–Crippen LogP) is 3.38. The molecule has 0 spiro atoms. The largest absolute Gasteiger partial charge is 0.465 e. The van der Waals surface area contributed by atoms with Gasteiger partial charge in [0, 0.05) is 17.8 Å². The highest BCUT2D eigenvalue weighted by Gasteiger charge is 2.37. The van der Waals surface area contributed by atoms with E-state index in [1.807, 2.05) is 54.7 Å². The fraction of sp³-hybridized carbons (Fsp3) is 0.240. The summed E-state index contributed by atoms with van der Waals surface area (Å²) < 4.78 is 7.85. The van der Waals surface area contributed by atoms with Crippen LogP contribution in [0.1, 0.15) is 20.8 Å². The Labute approximate surface area is 190 Å². The van der Waals surface area contributed by atoms with Crippen LogP contribution in [0.2, 0.25) is 0 Å². The topological polar surface area (TPSA) is 95.6 Å². The van der Waals surface area contributed by atoms with E-state index < -0.39 is 22.7 Å². The van der Waals surface area contributed by atoms with Crippen LogP contribution < -0.4 is 5.56 Å². The van der Waals surface area contributed by atoms with E-state index in [9.17, 15) is 14.4 Å². The summed E-state index contributed by atoms with van der Waals surface area (Å²) in [5.74, 6) is -1.09. The molecule has 0 amide bonds. The lowest BCUT2D eigenvalue weighted by molar-refractivity contribution is -0.158. The summed E-state index contributed by atoms with van der Waals surface area (Å²) in [5, 5.41) is 9.20. The lowest BCUT2D eigenvalue weighted by Gasteiger charge is -2.20. The summed E-state index contributed by atoms with van der Waals surface area (Å²) in [6, 6.07) is 18.4. The van der Waals surface area contributed by atoms with Crippen LogP contribution in [-0.4, -0.2) is 37.8 Å². The lowest BCUT2D eigenvalue weighted by atomic mass is 9.88. The summed E-state index contributed by atoms with van der Waals surface area (Å²) in [7, 11) is 0. The molecular weight excluding hydrogens is 420 g/mol. The Bertz CT molecular complexity index is 1390. The smallest absolute Gasteiger partial charge is 0.319 e. The van der Waals surface area contributed by atoms with Crippen LogP contribution in [-0.2, 0) is 20.9 Å². The number of rotatable bonds is 7. The summed E-state index contributed by atoms with van der Waals surface area (Å²) in [6.07, 6.45) is 1.84. The molecule has 0 aliphatic heterocycles. The molecular formula is C25H24N4O4. The third kappa shape index (κ3) is 4.19. The number of Topliss-reactive ketones (excluding diaryl/α,β-unsaturated/α-hetero) is 1. The fourth-order valence-electron chi connectivity index (χ4n) is 3.50. The van der Waals surface area contributed by atoms with E-state index in [2.05, 4.69) is 5.10 Å². The minimum absolute atomic E-state index is 0.167. The molecule has 0 radical (unpaired) electrons. The first kappa shape index (κ1) is 22.1. The van der Waals surface area contributed by atoms with Crippen LogP contribution in [0, 0.1) is 5.41 Å². The number of hydrogen-bond donors (Lipinski definition) is 0. The van der Waals surface area contributed by atoms with Crippen molar-refractivity contribution in [1.29, 1.82) is 0 Å². The van der Waals surface area contributed by atoms with Crippen molar-refractivity contribution in [1.82, 2.24) is 19.4 Å². The summed E-state index contributed by atoms with van der Waals surface area (Å²) in [6.45, 7) is 4.47. The number of hydrogen-bond acceptors (Lipinski definition) is 6. The second-order valence-corrected chi connectivity index (χ2v) is 8.10. The number of esters is 1. The summed E-state index contributed by atoms with van der Waals surface area (Å²) in [4.78, 5) is 37.6. The van der Waals surface area contributed by atoms with Gasteiger partial charge >= 0.3 is 5.97 Å². The van der Waals surface area contributed by atoms with Gasteiger partial charge < -0.3 is 4.74 Å². The average molecular weight is 444 g/mol. The van der Waals surface area contributed by atoms with Crippen molar-refractivity contribution in [2.45, 2.75) is 27.3 Å². The van der Waals surface area contributed by atoms with Crippen molar-refractivity contribution in [3.8, 4) is 22.5 Å². The van der Waals surface area contributed by atoms with E-state index in [0.29, 0.717) is 11.4 Å². The number of carbonyl (C=O) groups excluding carboxylic acids is 2. The Kier molecular flexibility index (Phi) is 5.91. The monoisotopic (exact) mass is 444 g/mol. The highest BCUT2D eigenvalue weighted by atomic mass is 16.5. The van der Waals surface area contributed by atoms with E-state index in [1.54, 1.807) is 17.5 Å². The standard InChI is InChI=1S/C25H24N4O4/c1-4-33-24(32)25(2,3)20(30)16-29-21(31)14-13-18(26-29)22-19-12-8-9-15-28(19)27-23(22)17-10-6-5-7-11-17/h5-15H,4,16H2,1-3H3. The molecule has 33 heavy (non-hydrogen) atoms. The average Bonchev–Trinajstić information content (AvgIpc) is 3.21. The Morgan fingerprint density at radius 1 is 0.970 bits per heavy atom. The first-order valence-corrected chi connectivity index (χ1v) is 10.6. The molecule has 4 aromatic rings. The number of ketones is 1. The molecule has 0 fully saturated rings. The van der Waals surface area contributed by atoms with Gasteiger partial charge in [-0.3, -0.25) is 14.4 Å². The van der Waals surface area contributed by atoms with Crippen LogP contribution in [0.5, 0.6) is 0 Å². The molecule has 0 unspecified atom stereocenters. The molecule has 8 nitrogen and oxygen atoms in total. The van der Waals surface area contributed by atoms with Crippen molar-refractivity contribution in [2.75, 3.05) is 6.61 Å². The lowest BCUT2D eigenvalue weighted by Crippen LogP contribution is -2.39. The molecule has 0 saturated carbocycles. The summed E-state index contributed by atoms with van der Waals surface area (Å²) >= 11 is 0. The normalized spacial score (nSPS) is 11.5. The summed E-state index contributed by atoms with van der Waals surface area (Å²) in [5.41, 5.74) is 1.82. The fourth-order valence-corrected chi connectivity index (χ4v) is 3.50. The van der Waals surface area contributed by atoms with Gasteiger partial charge in [0.1, 0.15) is 17.7 Å². The Balaban J connectivity index is 1.80. The van der Waals surface area contributed by atoms with Crippen molar-refractivity contribution in [3.63, 3.8) is 0 Å². The Morgan fingerprint density at radius 3 is 2.42 bits per heavy atom. The second kappa shape index (κ2) is 8.82. The van der Waals surface area contributed by atoms with Crippen LogP contribution in [0.3, 0.4) is 0 Å². The Morgan fingerprint density at radius 2 is 1.70 bits per heavy atom. The number of pyridine rings is 1. The first-order chi connectivity index (χ1) is 15.8. The van der Waals surface area contributed by atoms with Gasteiger partial charge in [-0.1, -0.05) is 36.4 Å². The molecule has 1 aromatic carbocycles. The molecule has 0 bridgehead atoms. The Hall–Kier alpha value is -4.07. The van der Waals surface area contributed by atoms with Gasteiger partial charge in [-0.2, -0.15) is 10.2 Å². The molecule has 8 heteroatoms. The maximum Gasteiger partial charge on any atom is 0.319 e. The van der Waals surface area contributed by atoms with Gasteiger partial charge in [0.15, 0.2) is 5.78 Å². The highest BCUT2D eigenvalue weighted by molar-refractivity contribution is 6.02. The van der Waals surface area contributed by atoms with Crippen LogP contribution >= 0.6 is 0 Å². The maximum absolute atomic E-state index is 12.9. The van der Waals surface area contributed by atoms with E-state index in [-0.39, 0.29) is 13.2 Å². The van der Waals surface area contributed by atoms with Crippen LogP contribution in [0.25, 0.3) is 28.0 Å². The molecule has 0 N–H and O–H groups in total. The van der Waals surface area contributed by atoms with Gasteiger partial charge in [0.25, 0.3) is 5.56 Å². The quantitative estimate of drug-likeness (QED) is 0.320. The van der Waals surface area contributed by atoms with Gasteiger partial charge in [-0.05, 0) is 39.0 Å². The van der Waals surface area contributed by atoms with Crippen molar-refractivity contribution in [3.05, 3.63) is 77.2 Å². The van der Waals surface area contributed by atoms with E-state index in [4.69, 9.17) is 9.84 Å². The number of nitrogens with zero attached hydrogens (tertiary/aromatic N) is 4. The van der Waals surface area contributed by atoms with Gasteiger partial charge in [-0.25, -0.2) is 9.20 Å². The zero-order valence-corrected chi connectivity index (χ0v) is 18.7. The van der Waals surface area contributed by atoms with Crippen LogP contribution in [0.15, 0.2) is 71.7 Å². The molecule has 0 aliphatic carbocycles. The van der Waals surface area contributed by atoms with E-state index in [0.717, 1.165) is 21.3 Å². The maximum atomic E-state index is 12.9. The molecule has 0 aliphatic rings. The van der Waals surface area contributed by atoms with Gasteiger partial charge in [-0.15, -0.1) is 0 Å². The number of aromatic nitrogens is 4. The minimum Gasteiger partial charge on any atom is -0.465 e. The van der Waals surface area contributed by atoms with E-state index in [1.165, 1.54) is 19.9 Å². The predicted molar refractivity (Wildman–Crippen MR) is 124 cm³/mol. The zero-order chi connectivity index (χ0) is 23.6. The SMILES string of the molecule is CCOC(=O)C(C)(C)C(=O)Cn1nc(-c2c(-c3ccccc3)nn3ccccc23)ccc1=O. The first-order valence-electron chi connectivity index (χ1n) is 10.6. The van der Waals surface area contributed by atoms with Crippen molar-refractivity contribution < 1.29 is 14.3 Å². The zero-order valence-electron chi connectivity index (χ0n) is 18.7. The third-order valence-corrected chi connectivity index (χ3v) is 5.49. The molecule has 0 atom stereocenters. The number of ether oxygens (including phenoxy) is 1. The molecule has 3 aromatic heterocycles. The molecule has 168 valence electrons. The molecule has 4 rings (SSSR count). The molecule has 0 saturated heterocycles. The van der Waals surface area contributed by atoms with E-state index >= 15 is 0 Å². The van der Waals surface area contributed by atoms with Crippen LogP contribution in [0.4, 0.5) is 0 Å². The van der Waals surface area contributed by atoms with Gasteiger partial charge in [0.2, 0.25) is 0 Å². The third-order valence-electron chi connectivity index (χ3n) is 5.49. The second-order valence-electron chi connectivity index (χ2n) is 8.10. The minimum atomic E-state index is -1.40. The van der Waals surface area contributed by atoms with Gasteiger partial charge in [0.05, 0.1) is 23.4 Å². The number of carbonyl (C=O) groups is 2. The number of benzene rings is 1. The molecule has 3 heterocycles.